The van der Waals surface area contributed by atoms with Gasteiger partial charge in [-0.15, -0.1) is 0 Å². The molecular weight excluding hydrogens is 264 g/mol. The van der Waals surface area contributed by atoms with Gasteiger partial charge in [0.15, 0.2) is 12.6 Å². The molecule has 9 nitrogen and oxygen atoms in total. The lowest BCUT2D eigenvalue weighted by atomic mass is 10.0. The molecule has 0 aromatic rings. The van der Waals surface area contributed by atoms with Crippen LogP contribution in [0.15, 0.2) is 0 Å². The average molecular weight is 282 g/mol. The van der Waals surface area contributed by atoms with Gasteiger partial charge in [-0.3, -0.25) is 0 Å². The smallest absolute Gasteiger partial charge is 0.186 e. The molecule has 6 N–H and O–H groups in total. The quantitative estimate of drug-likeness (QED) is 0.297. The third kappa shape index (κ3) is 3.05. The summed E-state index contributed by atoms with van der Waals surface area (Å²) in [6.45, 7) is -0.456. The van der Waals surface area contributed by atoms with Gasteiger partial charge in [-0.25, -0.2) is 0 Å². The van der Waals surface area contributed by atoms with E-state index >= 15 is 0 Å². The molecule has 19 heavy (non-hydrogen) atoms. The highest BCUT2D eigenvalue weighted by Crippen LogP contribution is 2.22. The summed E-state index contributed by atoms with van der Waals surface area (Å²) in [5.74, 6) is 0. The molecular formula is C10H18O9. The minimum Gasteiger partial charge on any atom is -0.388 e. The molecule has 2 heterocycles. The van der Waals surface area contributed by atoms with Crippen LogP contribution in [0.2, 0.25) is 0 Å². The number of hydrogen-bond donors (Lipinski definition) is 6. The van der Waals surface area contributed by atoms with Crippen molar-refractivity contribution in [3.63, 3.8) is 0 Å². The molecule has 0 aromatic carbocycles. The lowest BCUT2D eigenvalue weighted by Crippen LogP contribution is -2.59. The zero-order valence-corrected chi connectivity index (χ0v) is 9.94. The van der Waals surface area contributed by atoms with Gasteiger partial charge < -0.3 is 44.8 Å². The number of ether oxygens (including phenoxy) is 3. The Morgan fingerprint density at radius 2 is 1.42 bits per heavy atom. The molecule has 0 spiro atoms. The van der Waals surface area contributed by atoms with E-state index in [1.54, 1.807) is 0 Å². The third-order valence-corrected chi connectivity index (χ3v) is 3.22. The molecule has 8 atom stereocenters. The van der Waals surface area contributed by atoms with Crippen LogP contribution in [0.25, 0.3) is 0 Å². The van der Waals surface area contributed by atoms with E-state index in [0.29, 0.717) is 0 Å². The van der Waals surface area contributed by atoms with Crippen molar-refractivity contribution in [2.24, 2.45) is 0 Å². The van der Waals surface area contributed by atoms with Gasteiger partial charge in [0.1, 0.15) is 36.6 Å². The van der Waals surface area contributed by atoms with Gasteiger partial charge in [0.25, 0.3) is 0 Å². The van der Waals surface area contributed by atoms with Gasteiger partial charge in [0.05, 0.1) is 13.2 Å². The van der Waals surface area contributed by atoms with E-state index in [1.807, 2.05) is 0 Å². The van der Waals surface area contributed by atoms with Crippen LogP contribution in [0.5, 0.6) is 0 Å². The largest absolute Gasteiger partial charge is 0.388 e. The minimum absolute atomic E-state index is 0.218. The monoisotopic (exact) mass is 282 g/mol. The van der Waals surface area contributed by atoms with Crippen LogP contribution in [0.4, 0.5) is 0 Å². The molecule has 0 aliphatic carbocycles. The van der Waals surface area contributed by atoms with E-state index in [4.69, 9.17) is 19.3 Å². The Bertz CT molecular complexity index is 273. The maximum absolute atomic E-state index is 9.68. The summed E-state index contributed by atoms with van der Waals surface area (Å²) in [6.07, 6.45) is -11.0. The van der Waals surface area contributed by atoms with Gasteiger partial charge in [-0.2, -0.15) is 0 Å². The fourth-order valence-corrected chi connectivity index (χ4v) is 1.97. The van der Waals surface area contributed by atoms with Crippen molar-refractivity contribution in [3.05, 3.63) is 0 Å². The number of hydrogen-bond acceptors (Lipinski definition) is 9. The zero-order chi connectivity index (χ0) is 14.2. The Labute approximate surface area is 108 Å². The molecule has 0 bridgehead atoms. The second-order valence-electron chi connectivity index (χ2n) is 4.63. The fraction of sp³-hybridized carbons (Fsp3) is 1.00. The summed E-state index contributed by atoms with van der Waals surface area (Å²) in [5.41, 5.74) is 0. The first-order chi connectivity index (χ1) is 8.91. The van der Waals surface area contributed by atoms with Crippen LogP contribution in [0, 0.1) is 0 Å². The van der Waals surface area contributed by atoms with Crippen LogP contribution in [0.3, 0.4) is 0 Å². The van der Waals surface area contributed by atoms with Gasteiger partial charge in [-0.05, 0) is 0 Å². The molecule has 0 radical (unpaired) electrons. The predicted octanol–water partition coefficient (Wildman–Crippen LogP) is -4.12. The Balaban J connectivity index is 1.94. The number of aliphatic hydroxyl groups excluding tert-OH is 6. The van der Waals surface area contributed by atoms with Gasteiger partial charge in [-0.1, -0.05) is 0 Å². The summed E-state index contributed by atoms with van der Waals surface area (Å²) < 4.78 is 15.0. The van der Waals surface area contributed by atoms with E-state index in [-0.39, 0.29) is 13.2 Å². The fourth-order valence-electron chi connectivity index (χ4n) is 1.97. The molecule has 0 unspecified atom stereocenters. The van der Waals surface area contributed by atoms with E-state index < -0.39 is 49.2 Å². The lowest BCUT2D eigenvalue weighted by Gasteiger charge is -2.40. The highest BCUT2D eigenvalue weighted by molar-refractivity contribution is 4.87. The Kier molecular flexibility index (Phi) is 4.71. The predicted molar refractivity (Wildman–Crippen MR) is 56.6 cm³/mol. The topological polar surface area (TPSA) is 149 Å². The van der Waals surface area contributed by atoms with Crippen molar-refractivity contribution < 1.29 is 44.8 Å². The molecule has 112 valence electrons. The second-order valence-corrected chi connectivity index (χ2v) is 4.63. The van der Waals surface area contributed by atoms with Crippen molar-refractivity contribution in [2.75, 3.05) is 13.2 Å². The van der Waals surface area contributed by atoms with Crippen molar-refractivity contribution in [2.45, 2.75) is 49.2 Å². The van der Waals surface area contributed by atoms with Crippen LogP contribution in [-0.2, 0) is 14.2 Å². The normalized spacial score (nSPS) is 52.1. The molecule has 2 saturated heterocycles. The van der Waals surface area contributed by atoms with Crippen LogP contribution >= 0.6 is 0 Å². The Morgan fingerprint density at radius 3 is 2.11 bits per heavy atom. The molecule has 2 aliphatic rings. The van der Waals surface area contributed by atoms with Crippen molar-refractivity contribution in [1.29, 1.82) is 0 Å². The first-order valence-electron chi connectivity index (χ1n) is 5.89. The molecule has 9 heteroatoms. The highest BCUT2D eigenvalue weighted by atomic mass is 16.7. The molecule has 2 fully saturated rings. The molecule has 0 saturated carbocycles. The highest BCUT2D eigenvalue weighted by Gasteiger charge is 2.44. The second kappa shape index (κ2) is 5.95. The number of rotatable bonds is 2. The molecule has 0 amide bonds. The molecule has 2 rings (SSSR count). The first kappa shape index (κ1) is 15.0. The van der Waals surface area contributed by atoms with E-state index in [2.05, 4.69) is 0 Å². The van der Waals surface area contributed by atoms with E-state index in [1.165, 1.54) is 0 Å². The van der Waals surface area contributed by atoms with Gasteiger partial charge in [0.2, 0.25) is 0 Å². The van der Waals surface area contributed by atoms with Gasteiger partial charge >= 0.3 is 0 Å². The van der Waals surface area contributed by atoms with Gasteiger partial charge in [0, 0.05) is 0 Å². The minimum atomic E-state index is -1.55. The molecule has 2 aliphatic heterocycles. The summed E-state index contributed by atoms with van der Waals surface area (Å²) in [7, 11) is 0. The SMILES string of the molecule is O[C@@H]1[C@@H](O)[C@H](O[C@@H]2CO[C@H](O)[C@H](O)[C@@H]2O)OC[C@H]1O. The van der Waals surface area contributed by atoms with E-state index in [0.717, 1.165) is 0 Å². The lowest BCUT2D eigenvalue weighted by molar-refractivity contribution is -0.323. The molecule has 0 aromatic heterocycles. The average Bonchev–Trinajstić information content (AvgIpc) is 2.39. The maximum Gasteiger partial charge on any atom is 0.186 e. The standard InChI is InChI=1S/C10H18O9/c11-3-1-18-10(8(15)5(3)12)19-4-2-17-9(16)7(14)6(4)13/h3-16H,1-2H2/t3-,4-,5+,6-,7-,8-,9+,10+/m1/s1. The summed E-state index contributed by atoms with van der Waals surface area (Å²) >= 11 is 0. The Morgan fingerprint density at radius 1 is 0.737 bits per heavy atom. The maximum atomic E-state index is 9.68. The van der Waals surface area contributed by atoms with Crippen LogP contribution in [-0.4, -0.2) is 93.1 Å². The zero-order valence-electron chi connectivity index (χ0n) is 9.94. The Hall–Kier alpha value is -0.360. The van der Waals surface area contributed by atoms with Crippen molar-refractivity contribution in [3.8, 4) is 0 Å². The third-order valence-electron chi connectivity index (χ3n) is 3.22. The van der Waals surface area contributed by atoms with Crippen LogP contribution < -0.4 is 0 Å². The van der Waals surface area contributed by atoms with Crippen LogP contribution in [0.1, 0.15) is 0 Å². The summed E-state index contributed by atoms with van der Waals surface area (Å²) in [6, 6.07) is 0. The summed E-state index contributed by atoms with van der Waals surface area (Å²) in [5, 5.41) is 56.6. The summed E-state index contributed by atoms with van der Waals surface area (Å²) in [4.78, 5) is 0. The number of aliphatic hydroxyl groups is 6. The van der Waals surface area contributed by atoms with Crippen molar-refractivity contribution in [1.82, 2.24) is 0 Å². The first-order valence-corrected chi connectivity index (χ1v) is 5.89. The van der Waals surface area contributed by atoms with E-state index in [9.17, 15) is 25.5 Å². The van der Waals surface area contributed by atoms with Crippen molar-refractivity contribution >= 4 is 0 Å².